The number of aromatic nitrogens is 6. The number of aliphatic carboxylic acids is 1. The number of rotatable bonds is 13. The number of nitrogens with one attached hydrogen (secondary N) is 4. The molecule has 7 N–H and O–H groups in total. The number of amides is 2. The maximum Gasteiger partial charge on any atom is 0.337 e. The van der Waals surface area contributed by atoms with E-state index in [-0.39, 0.29) is 40.6 Å². The fourth-order valence-corrected chi connectivity index (χ4v) is 5.88. The van der Waals surface area contributed by atoms with Gasteiger partial charge in [0.05, 0.1) is 28.7 Å². The Balaban J connectivity index is 0.000000208. The molecule has 4 atom stereocenters. The molecule has 0 bridgehead atoms. The van der Waals surface area contributed by atoms with E-state index in [0.29, 0.717) is 22.1 Å². The third kappa shape index (κ3) is 9.93. The number of nitrogens with zero attached hydrogens (tertiary/aromatic N) is 4. The number of aliphatic hydroxyl groups is 2. The highest BCUT2D eigenvalue weighted by molar-refractivity contribution is 6.35. The van der Waals surface area contributed by atoms with Gasteiger partial charge in [-0.15, -0.1) is 0 Å². The molecule has 2 amide bonds. The zero-order valence-electron chi connectivity index (χ0n) is 28.4. The highest BCUT2D eigenvalue weighted by atomic mass is 35.5. The summed E-state index contributed by atoms with van der Waals surface area (Å²) in [6, 6.07) is 22.1. The van der Waals surface area contributed by atoms with Gasteiger partial charge in [0.25, 0.3) is 11.8 Å². The highest BCUT2D eigenvalue weighted by Gasteiger charge is 2.30. The van der Waals surface area contributed by atoms with E-state index in [9.17, 15) is 29.4 Å². The minimum absolute atomic E-state index is 0.125. The Bertz CT molecular complexity index is 2240. The van der Waals surface area contributed by atoms with Gasteiger partial charge in [-0.05, 0) is 55.2 Å². The van der Waals surface area contributed by atoms with E-state index in [4.69, 9.17) is 33.0 Å². The molecule has 0 saturated carbocycles. The zero-order chi connectivity index (χ0) is 38.8. The molecule has 0 aliphatic heterocycles. The summed E-state index contributed by atoms with van der Waals surface area (Å²) in [5.41, 5.74) is 3.77. The second-order valence-corrected chi connectivity index (χ2v) is 12.6. The van der Waals surface area contributed by atoms with Crippen molar-refractivity contribution in [2.45, 2.75) is 44.1 Å². The Kier molecular flexibility index (Phi) is 13.2. The second kappa shape index (κ2) is 18.2. The van der Waals surface area contributed by atoms with E-state index in [2.05, 4.69) is 41.5 Å². The molecule has 6 aromatic rings. The number of aliphatic hydroxyl groups excluding tert-OH is 2. The van der Waals surface area contributed by atoms with Gasteiger partial charge in [0.15, 0.2) is 12.2 Å². The minimum atomic E-state index is -1.76. The number of esters is 1. The summed E-state index contributed by atoms with van der Waals surface area (Å²) in [6.45, 7) is 1.77. The maximum absolute atomic E-state index is 12.8. The molecule has 4 aromatic carbocycles. The topological polar surface area (TPSA) is 245 Å². The van der Waals surface area contributed by atoms with Crippen LogP contribution in [0.2, 0.25) is 10.0 Å². The van der Waals surface area contributed by atoms with Crippen LogP contribution in [0.4, 0.5) is 0 Å². The molecular formula is C36H34Cl2N8O8. The van der Waals surface area contributed by atoms with Gasteiger partial charge in [-0.3, -0.25) is 9.59 Å². The molecule has 0 fully saturated rings. The van der Waals surface area contributed by atoms with E-state index >= 15 is 0 Å². The van der Waals surface area contributed by atoms with Crippen LogP contribution in [0, 0.1) is 0 Å². The van der Waals surface area contributed by atoms with Gasteiger partial charge in [0.1, 0.15) is 22.1 Å². The van der Waals surface area contributed by atoms with Gasteiger partial charge in [-0.2, -0.15) is 30.8 Å². The number of fused-ring (bicyclic) bond motifs is 2. The molecule has 2 aromatic heterocycles. The molecule has 0 radical (unpaired) electrons. The maximum atomic E-state index is 12.8. The van der Waals surface area contributed by atoms with Crippen LogP contribution in [0.1, 0.15) is 38.8 Å². The minimum Gasteiger partial charge on any atom is -0.479 e. The molecule has 18 heteroatoms. The van der Waals surface area contributed by atoms with Crippen LogP contribution < -0.4 is 10.6 Å². The number of aromatic amines is 2. The number of carbonyl (C=O) groups is 4. The lowest BCUT2D eigenvalue weighted by Gasteiger charge is -2.23. The van der Waals surface area contributed by atoms with Crippen LogP contribution in [0.3, 0.4) is 0 Å². The standard InChI is InChI=1S/C19H19ClN4O4.C17H15ClN4O4/c1-2-28-19(27)17(25)15(8-11-6-4-3-5-7-11)21-18(26)12-9-13(20)16-14(10-12)22-24-23-16;18-11-7-10(8-12-14(11)21-22-20-12)16(24)19-13(15(23)17(25)26)6-9-4-2-1-3-5-9/h3-7,9-10,15,17,25H,2,8H2,1H3,(H,21,26)(H,22,23,24);1-5,7-8,13,15,23H,6H2,(H,19,24)(H,25,26)(H,20,21,22)/t15-,17-;13-,15-/m11/s1. The van der Waals surface area contributed by atoms with E-state index in [1.807, 2.05) is 36.4 Å². The molecule has 6 rings (SSSR count). The normalized spacial score (nSPS) is 13.2. The van der Waals surface area contributed by atoms with Crippen LogP contribution in [0.25, 0.3) is 22.1 Å². The van der Waals surface area contributed by atoms with E-state index in [1.54, 1.807) is 31.2 Å². The number of H-pyrrole nitrogens is 2. The van der Waals surface area contributed by atoms with Crippen LogP contribution in [-0.4, -0.2) is 101 Å². The third-order valence-electron chi connectivity index (χ3n) is 8.05. The molecule has 0 unspecified atom stereocenters. The zero-order valence-corrected chi connectivity index (χ0v) is 30.0. The van der Waals surface area contributed by atoms with Crippen LogP contribution in [0.15, 0.2) is 84.9 Å². The molecule has 0 aliphatic rings. The fraction of sp³-hybridized carbons (Fsp3) is 0.222. The molecule has 2 heterocycles. The molecular weight excluding hydrogens is 743 g/mol. The average molecular weight is 778 g/mol. The third-order valence-corrected chi connectivity index (χ3v) is 8.62. The predicted molar refractivity (Wildman–Crippen MR) is 197 cm³/mol. The second-order valence-electron chi connectivity index (χ2n) is 11.8. The van der Waals surface area contributed by atoms with Crippen molar-refractivity contribution in [2.24, 2.45) is 0 Å². The lowest BCUT2D eigenvalue weighted by Crippen LogP contribution is -2.48. The van der Waals surface area contributed by atoms with E-state index in [0.717, 1.165) is 11.1 Å². The number of carboxylic acids is 1. The first kappa shape index (κ1) is 39.3. The largest absolute Gasteiger partial charge is 0.479 e. The fourth-order valence-electron chi connectivity index (χ4n) is 5.37. The van der Waals surface area contributed by atoms with Crippen molar-refractivity contribution in [3.8, 4) is 0 Å². The number of carboxylic acid groups (broad SMARTS) is 1. The molecule has 280 valence electrons. The highest BCUT2D eigenvalue weighted by Crippen LogP contribution is 2.23. The van der Waals surface area contributed by atoms with Crippen LogP contribution in [0.5, 0.6) is 0 Å². The summed E-state index contributed by atoms with van der Waals surface area (Å²) in [5.74, 6) is -3.29. The van der Waals surface area contributed by atoms with Crippen LogP contribution in [-0.2, 0) is 27.2 Å². The van der Waals surface area contributed by atoms with Crippen molar-refractivity contribution in [3.63, 3.8) is 0 Å². The van der Waals surface area contributed by atoms with Crippen molar-refractivity contribution < 1.29 is 39.2 Å². The Labute approximate surface area is 316 Å². The van der Waals surface area contributed by atoms with Gasteiger partial charge in [-0.1, -0.05) is 83.9 Å². The summed E-state index contributed by atoms with van der Waals surface area (Å²) in [6.07, 6.45) is -2.88. The van der Waals surface area contributed by atoms with Crippen molar-refractivity contribution in [3.05, 3.63) is 117 Å². The summed E-state index contributed by atoms with van der Waals surface area (Å²) in [5, 5.41) is 55.7. The number of hydrogen-bond donors (Lipinski definition) is 7. The quantitative estimate of drug-likeness (QED) is 0.0836. The van der Waals surface area contributed by atoms with E-state index < -0.39 is 48.0 Å². The number of halogens is 2. The average Bonchev–Trinajstić information content (AvgIpc) is 3.86. The predicted octanol–water partition coefficient (Wildman–Crippen LogP) is 3.27. The molecule has 0 spiro atoms. The molecule has 16 nitrogen and oxygen atoms in total. The lowest BCUT2D eigenvalue weighted by atomic mass is 10.0. The molecule has 54 heavy (non-hydrogen) atoms. The first-order valence-corrected chi connectivity index (χ1v) is 17.2. The smallest absolute Gasteiger partial charge is 0.337 e. The lowest BCUT2D eigenvalue weighted by molar-refractivity contribution is -0.154. The van der Waals surface area contributed by atoms with Crippen molar-refractivity contribution in [2.75, 3.05) is 6.61 Å². The molecule has 0 aliphatic carbocycles. The van der Waals surface area contributed by atoms with Gasteiger partial charge in [-0.25, -0.2) is 9.59 Å². The Hall–Kier alpha value is -5.94. The van der Waals surface area contributed by atoms with Gasteiger partial charge in [0.2, 0.25) is 0 Å². The van der Waals surface area contributed by atoms with Crippen molar-refractivity contribution in [1.82, 2.24) is 41.5 Å². The summed E-state index contributed by atoms with van der Waals surface area (Å²) >= 11 is 12.2. The Morgan fingerprint density at radius 2 is 1.11 bits per heavy atom. The number of ether oxygens (including phenoxy) is 1. The van der Waals surface area contributed by atoms with Gasteiger partial charge in [0, 0.05) is 11.1 Å². The number of benzene rings is 4. The van der Waals surface area contributed by atoms with Crippen molar-refractivity contribution in [1.29, 1.82) is 0 Å². The summed E-state index contributed by atoms with van der Waals surface area (Å²) in [4.78, 5) is 48.5. The van der Waals surface area contributed by atoms with Gasteiger partial charge >= 0.3 is 11.9 Å². The first-order valence-electron chi connectivity index (χ1n) is 16.4. The summed E-state index contributed by atoms with van der Waals surface area (Å²) in [7, 11) is 0. The van der Waals surface area contributed by atoms with Crippen LogP contribution >= 0.6 is 23.2 Å². The monoisotopic (exact) mass is 776 g/mol. The van der Waals surface area contributed by atoms with E-state index in [1.165, 1.54) is 24.3 Å². The van der Waals surface area contributed by atoms with Crippen molar-refractivity contribution >= 4 is 69.0 Å². The SMILES string of the molecule is CCOC(=O)[C@H](O)[C@@H](Cc1ccccc1)NC(=O)c1cc(Cl)c2n[nH]nc2c1.O=C(N[C@H](Cc1ccccc1)[C@@H](O)C(=O)O)c1cc(Cl)c2n[nH]nc2c1. The van der Waals surface area contributed by atoms with Gasteiger partial charge < -0.3 is 30.7 Å². The number of carbonyl (C=O) groups excluding carboxylic acids is 3. The summed E-state index contributed by atoms with van der Waals surface area (Å²) < 4.78 is 4.89. The Morgan fingerprint density at radius 3 is 1.52 bits per heavy atom. The number of hydrogen-bond acceptors (Lipinski definition) is 11. The Morgan fingerprint density at radius 1 is 0.685 bits per heavy atom. The molecule has 0 saturated heterocycles. The first-order chi connectivity index (χ1) is 25.9.